The van der Waals surface area contributed by atoms with Gasteiger partial charge in [-0.25, -0.2) is 4.99 Å². The minimum Gasteiger partial charge on any atom is -0.465 e. The van der Waals surface area contributed by atoms with E-state index in [9.17, 15) is 4.79 Å². The van der Waals surface area contributed by atoms with Crippen molar-refractivity contribution in [1.29, 1.82) is 0 Å². The third-order valence-corrected chi connectivity index (χ3v) is 6.42. The molecule has 0 saturated heterocycles. The van der Waals surface area contributed by atoms with Gasteiger partial charge >= 0.3 is 5.97 Å². The van der Waals surface area contributed by atoms with Gasteiger partial charge in [0.1, 0.15) is 6.54 Å². The summed E-state index contributed by atoms with van der Waals surface area (Å²) in [5.41, 5.74) is 0.885. The molecule has 1 aliphatic heterocycles. The van der Waals surface area contributed by atoms with Crippen molar-refractivity contribution in [3.05, 3.63) is 30.3 Å². The zero-order valence-corrected chi connectivity index (χ0v) is 15.0. The minimum absolute atomic E-state index is 0.110. The molecule has 8 heteroatoms. The molecule has 0 N–H and O–H groups in total. The number of halogens is 1. The van der Waals surface area contributed by atoms with Crippen molar-refractivity contribution in [3.63, 3.8) is 0 Å². The number of carbonyl (C=O) groups excluding carboxylic acids is 1. The van der Waals surface area contributed by atoms with E-state index in [0.29, 0.717) is 11.8 Å². The van der Waals surface area contributed by atoms with Crippen LogP contribution in [0.15, 0.2) is 35.3 Å². The molecule has 1 atom stereocenters. The van der Waals surface area contributed by atoms with Crippen molar-refractivity contribution < 1.29 is 9.53 Å². The molecule has 2 rings (SSSR count). The molecule has 1 unspecified atom stereocenters. The molecule has 0 amide bonds. The summed E-state index contributed by atoms with van der Waals surface area (Å²) < 4.78 is 5.06. The van der Waals surface area contributed by atoms with Gasteiger partial charge in [0.2, 0.25) is 0 Å². The Balaban J connectivity index is 2.27. The van der Waals surface area contributed by atoms with E-state index in [1.54, 1.807) is 6.92 Å². The molecule has 0 bridgehead atoms. The summed E-state index contributed by atoms with van der Waals surface area (Å²) in [4.78, 5) is 20.2. The molecule has 0 fully saturated rings. The molecule has 1 heterocycles. The van der Waals surface area contributed by atoms with E-state index in [2.05, 4.69) is 4.99 Å². The highest BCUT2D eigenvalue weighted by atomic mass is 35.7. The molecule has 0 aromatic heterocycles. The molecule has 22 heavy (non-hydrogen) atoms. The molecular weight excluding hydrogens is 342 g/mol. The number of nitrogens with zero attached hydrogens (tertiary/aromatic N) is 3. The lowest BCUT2D eigenvalue weighted by atomic mass is 10.3. The van der Waals surface area contributed by atoms with Gasteiger partial charge < -0.3 is 9.64 Å². The number of ether oxygens (including phenoxy) is 1. The van der Waals surface area contributed by atoms with Gasteiger partial charge in [-0.2, -0.15) is 0 Å². The largest absolute Gasteiger partial charge is 0.465 e. The molecule has 0 spiro atoms. The average Bonchev–Trinajstić information content (AvgIpc) is 2.88. The highest BCUT2D eigenvalue weighted by Gasteiger charge is 2.26. The Morgan fingerprint density at radius 3 is 2.59 bits per heavy atom. The number of benzene rings is 1. The maximum Gasteiger partial charge on any atom is 0.326 e. The van der Waals surface area contributed by atoms with Crippen LogP contribution in [0.2, 0.25) is 0 Å². The van der Waals surface area contributed by atoms with Crippen molar-refractivity contribution in [1.82, 2.24) is 4.90 Å². The highest BCUT2D eigenvalue weighted by Crippen LogP contribution is 2.44. The van der Waals surface area contributed by atoms with E-state index in [-0.39, 0.29) is 12.5 Å². The molecule has 0 radical (unpaired) electrons. The van der Waals surface area contributed by atoms with Crippen LogP contribution in [0.3, 0.4) is 0 Å². The van der Waals surface area contributed by atoms with Gasteiger partial charge in [-0.1, -0.05) is 18.2 Å². The number of anilines is 1. The fourth-order valence-corrected chi connectivity index (χ4v) is 5.47. The Morgan fingerprint density at radius 2 is 2.05 bits per heavy atom. The van der Waals surface area contributed by atoms with Crippen LogP contribution in [-0.2, 0) is 9.53 Å². The lowest BCUT2D eigenvalue weighted by Crippen LogP contribution is -2.34. The molecular formula is C14H18ClN3O2S2. The Labute approximate surface area is 141 Å². The van der Waals surface area contributed by atoms with Crippen molar-refractivity contribution in [2.45, 2.75) is 6.92 Å². The van der Waals surface area contributed by atoms with E-state index in [4.69, 9.17) is 15.4 Å². The zero-order valence-electron chi connectivity index (χ0n) is 12.7. The van der Waals surface area contributed by atoms with E-state index in [0.717, 1.165) is 10.8 Å². The Kier molecular flexibility index (Phi) is 6.31. The second-order valence-electron chi connectivity index (χ2n) is 4.60. The highest BCUT2D eigenvalue weighted by molar-refractivity contribution is 8.97. The van der Waals surface area contributed by atoms with E-state index >= 15 is 0 Å². The monoisotopic (exact) mass is 359 g/mol. The first-order valence-electron chi connectivity index (χ1n) is 6.73. The molecule has 1 aromatic rings. The first kappa shape index (κ1) is 17.3. The van der Waals surface area contributed by atoms with Crippen LogP contribution in [0.25, 0.3) is 0 Å². The Morgan fingerprint density at radius 1 is 1.36 bits per heavy atom. The summed E-state index contributed by atoms with van der Waals surface area (Å²) in [6.07, 6.45) is 0. The molecule has 1 aliphatic rings. The maximum atomic E-state index is 11.9. The minimum atomic E-state index is -0.550. The number of esters is 1. The number of amidine groups is 1. The van der Waals surface area contributed by atoms with Crippen LogP contribution in [0.4, 0.5) is 5.69 Å². The number of hydrogen-bond acceptors (Lipinski definition) is 6. The fraction of sp³-hybridized carbons (Fsp3) is 0.357. The summed E-state index contributed by atoms with van der Waals surface area (Å²) in [6.45, 7) is 2.26. The van der Waals surface area contributed by atoms with Gasteiger partial charge in [0.05, 0.1) is 6.61 Å². The van der Waals surface area contributed by atoms with Gasteiger partial charge in [-0.15, -0.1) is 0 Å². The van der Waals surface area contributed by atoms with Crippen molar-refractivity contribution in [2.75, 3.05) is 32.1 Å². The molecule has 5 nitrogen and oxygen atoms in total. The number of aliphatic imine (C=N–C) groups is 1. The average molecular weight is 360 g/mol. The van der Waals surface area contributed by atoms with Crippen LogP contribution in [-0.4, -0.2) is 48.4 Å². The fourth-order valence-electron chi connectivity index (χ4n) is 1.80. The third kappa shape index (κ3) is 4.25. The Hall–Kier alpha value is -1.02. The number of carbonyl (C=O) groups is 1. The third-order valence-electron chi connectivity index (χ3n) is 2.76. The molecule has 120 valence electrons. The topological polar surface area (TPSA) is 45.1 Å². The van der Waals surface area contributed by atoms with Gasteiger partial charge in [-0.05, 0) is 54.6 Å². The molecule has 1 aromatic carbocycles. The van der Waals surface area contributed by atoms with Crippen LogP contribution in [0.5, 0.6) is 0 Å². The SMILES string of the molecule is CCOC(=O)CN(C1=NC(N(C)C)=S(Cl)S1)c1ccccc1. The number of para-hydroxylation sites is 1. The normalized spacial score (nSPS) is 17.6. The Bertz CT molecular complexity index is 605. The van der Waals surface area contributed by atoms with Gasteiger partial charge in [0.25, 0.3) is 0 Å². The first-order chi connectivity index (χ1) is 10.5. The first-order valence-corrected chi connectivity index (χ1v) is 10.1. The quantitative estimate of drug-likeness (QED) is 0.469. The van der Waals surface area contributed by atoms with Gasteiger partial charge in [0, 0.05) is 14.4 Å². The lowest BCUT2D eigenvalue weighted by Gasteiger charge is -2.22. The second kappa shape index (κ2) is 8.01. The van der Waals surface area contributed by atoms with Crippen LogP contribution in [0.1, 0.15) is 6.92 Å². The summed E-state index contributed by atoms with van der Waals surface area (Å²) in [5.74, 6) is -0.289. The maximum absolute atomic E-state index is 11.9. The lowest BCUT2D eigenvalue weighted by molar-refractivity contribution is -0.141. The standard InChI is InChI=1S/C14H18ClN3O2S2/c1-4-20-12(19)10-18(11-8-6-5-7-9-11)13-16-14(17(2)3)22(15)21-13/h5-9H,4,10H2,1-3H3. The van der Waals surface area contributed by atoms with Crippen molar-refractivity contribution in [2.24, 2.45) is 4.99 Å². The number of rotatable bonds is 4. The van der Waals surface area contributed by atoms with Gasteiger partial charge in [0.15, 0.2) is 10.3 Å². The van der Waals surface area contributed by atoms with E-state index < -0.39 is 8.73 Å². The van der Waals surface area contributed by atoms with Crippen LogP contribution in [0, 0.1) is 0 Å². The summed E-state index contributed by atoms with van der Waals surface area (Å²) in [6, 6.07) is 9.64. The van der Waals surface area contributed by atoms with Crippen molar-refractivity contribution >= 4 is 52.1 Å². The smallest absolute Gasteiger partial charge is 0.326 e. The van der Waals surface area contributed by atoms with Crippen LogP contribution < -0.4 is 4.90 Å². The summed E-state index contributed by atoms with van der Waals surface area (Å²) in [7, 11) is 11.1. The van der Waals surface area contributed by atoms with Crippen molar-refractivity contribution in [3.8, 4) is 0 Å². The predicted molar refractivity (Wildman–Crippen MR) is 97.6 cm³/mol. The zero-order chi connectivity index (χ0) is 16.1. The van der Waals surface area contributed by atoms with E-state index in [1.807, 2.05) is 54.2 Å². The van der Waals surface area contributed by atoms with E-state index in [1.165, 1.54) is 10.8 Å². The predicted octanol–water partition coefficient (Wildman–Crippen LogP) is 3.15. The summed E-state index contributed by atoms with van der Waals surface area (Å²) >= 11 is 0. The molecule has 0 aliphatic carbocycles. The van der Waals surface area contributed by atoms with Crippen LogP contribution >= 0.6 is 30.2 Å². The van der Waals surface area contributed by atoms with Gasteiger partial charge in [-0.3, -0.25) is 9.69 Å². The number of hydrogen-bond donors (Lipinski definition) is 0. The second-order valence-corrected chi connectivity index (χ2v) is 8.92. The summed E-state index contributed by atoms with van der Waals surface area (Å²) in [5, 5.41) is 1.51. The molecule has 0 saturated carbocycles.